The molecule has 97 heavy (non-hydrogen) atoms. The van der Waals surface area contributed by atoms with E-state index in [2.05, 4.69) is 16.0 Å². The molecule has 0 aliphatic carbocycles. The van der Waals surface area contributed by atoms with E-state index in [1.807, 2.05) is 0 Å². The van der Waals surface area contributed by atoms with E-state index in [4.69, 9.17) is 71.1 Å². The normalized spacial score (nSPS) is 49.9. The van der Waals surface area contributed by atoms with Gasteiger partial charge in [0.1, 0.15) is 189 Å². The van der Waals surface area contributed by atoms with Crippen molar-refractivity contribution in [1.82, 2.24) is 16.0 Å². The highest BCUT2D eigenvalue weighted by molar-refractivity contribution is 5.74. The first-order chi connectivity index (χ1) is 45.8. The van der Waals surface area contributed by atoms with E-state index in [0.717, 1.165) is 20.8 Å². The Morgan fingerprint density at radius 1 is 0.289 bits per heavy atom. The van der Waals surface area contributed by atoms with Crippen molar-refractivity contribution < 1.29 is 198 Å². The van der Waals surface area contributed by atoms with Gasteiger partial charge in [0.15, 0.2) is 50.3 Å². The lowest BCUT2D eigenvalue weighted by atomic mass is 9.93. The zero-order valence-corrected chi connectivity index (χ0v) is 52.2. The fourth-order valence-electron chi connectivity index (χ4n) is 12.4. The zero-order chi connectivity index (χ0) is 71.5. The summed E-state index contributed by atoms with van der Waals surface area (Å²) in [5.74, 6) is -2.60. The Balaban J connectivity index is 1.07. The molecule has 8 saturated heterocycles. The summed E-state index contributed by atoms with van der Waals surface area (Å²) in [7, 11) is 0. The Bertz CT molecular complexity index is 2490. The molecule has 8 rings (SSSR count). The standard InChI is InChI=1S/C54H91N3O40/c1-12-26(66)34(74)38(78)50(85-12)83-11-22-44(31(71)23(47(82)86-22)55-13(2)63)93-48-24(56-14(3)64)32(72)43(20(9-62)90-48)95-53-41(81)45(96-52-40(80)36(76)28(68)17(6-59)88-52)30(70)21(92-53)10-84-54-46(37(77)29(69)18(7-60)89-54)97-49-25(57-15(4)65)33(73)42(19(8-61)91-49)94-51-39(79)35(75)27(67)16(5-58)87-51/h12,16-54,58-62,66-82H,5-11H2,1-4H3,(H,55,63)(H,56,64)(H,57,65)/t12-,16+,17+,18+,19-,20+,21+,22+,23+,24+,25+,26+,27+,28+,29+,30+,31+,32+,33-,34+,35+,36-,37-,38-,39+,40-,41-,42+,43+,44+,45-,46-,47+,48-,49-,50+,51+,52+,53-,54-/m0/s1. The van der Waals surface area contributed by atoms with Gasteiger partial charge in [-0.3, -0.25) is 14.4 Å². The van der Waals surface area contributed by atoms with Crippen LogP contribution in [0.25, 0.3) is 0 Å². The van der Waals surface area contributed by atoms with Crippen LogP contribution in [0, 0.1) is 0 Å². The third-order valence-corrected chi connectivity index (χ3v) is 17.8. The minimum absolute atomic E-state index is 0.790. The van der Waals surface area contributed by atoms with Crippen LogP contribution in [0.1, 0.15) is 27.7 Å². The third-order valence-electron chi connectivity index (χ3n) is 17.8. The van der Waals surface area contributed by atoms with Crippen molar-refractivity contribution in [3.05, 3.63) is 0 Å². The molecule has 25 N–H and O–H groups in total. The second-order valence-electron chi connectivity index (χ2n) is 24.6. The van der Waals surface area contributed by atoms with Crippen molar-refractivity contribution in [1.29, 1.82) is 0 Å². The predicted molar refractivity (Wildman–Crippen MR) is 298 cm³/mol. The number of carbonyl (C=O) groups excluding carboxylic acids is 3. The highest BCUT2D eigenvalue weighted by Crippen LogP contribution is 2.38. The van der Waals surface area contributed by atoms with Crippen molar-refractivity contribution in [3.8, 4) is 0 Å². The Kier molecular flexibility index (Phi) is 28.3. The second kappa shape index (κ2) is 34.5. The minimum Gasteiger partial charge on any atom is -0.394 e. The number of amides is 3. The van der Waals surface area contributed by atoms with E-state index in [1.165, 1.54) is 6.92 Å². The highest BCUT2D eigenvalue weighted by atomic mass is 16.8. The summed E-state index contributed by atoms with van der Waals surface area (Å²) < 4.78 is 87.6. The quantitative estimate of drug-likeness (QED) is 0.0427. The number of carbonyl (C=O) groups is 3. The molecule has 43 nitrogen and oxygen atoms in total. The fourth-order valence-corrected chi connectivity index (χ4v) is 12.4. The molecule has 8 aliphatic heterocycles. The molecule has 562 valence electrons. The van der Waals surface area contributed by atoms with Crippen LogP contribution in [0.3, 0.4) is 0 Å². The van der Waals surface area contributed by atoms with Crippen molar-refractivity contribution in [2.45, 2.75) is 273 Å². The topological polar surface area (TPSA) is 671 Å². The summed E-state index contributed by atoms with van der Waals surface area (Å²) in [6, 6.07) is -5.42. The van der Waals surface area contributed by atoms with Gasteiger partial charge >= 0.3 is 0 Å². The van der Waals surface area contributed by atoms with Crippen molar-refractivity contribution in [2.75, 3.05) is 46.2 Å². The fraction of sp³-hybridized carbons (Fsp3) is 0.944. The summed E-state index contributed by atoms with van der Waals surface area (Å²) in [5.41, 5.74) is 0. The first-order valence-electron chi connectivity index (χ1n) is 31.0. The molecule has 0 bridgehead atoms. The molecule has 3 amide bonds. The largest absolute Gasteiger partial charge is 0.394 e. The average molecular weight is 1420 g/mol. The molecule has 0 saturated carbocycles. The van der Waals surface area contributed by atoms with E-state index in [9.17, 15) is 127 Å². The van der Waals surface area contributed by atoms with Crippen LogP contribution >= 0.6 is 0 Å². The number of hydrogen-bond donors (Lipinski definition) is 25. The van der Waals surface area contributed by atoms with Gasteiger partial charge in [-0.05, 0) is 6.92 Å². The summed E-state index contributed by atoms with van der Waals surface area (Å²) >= 11 is 0. The Morgan fingerprint density at radius 3 is 1.08 bits per heavy atom. The maximum atomic E-state index is 13.0. The monoisotopic (exact) mass is 1420 g/mol. The van der Waals surface area contributed by atoms with Crippen LogP contribution in [0.2, 0.25) is 0 Å². The van der Waals surface area contributed by atoms with Crippen LogP contribution in [-0.4, -0.2) is 422 Å². The molecular weight excluding hydrogens is 1330 g/mol. The third kappa shape index (κ3) is 17.6. The number of aliphatic hydroxyl groups excluding tert-OH is 22. The van der Waals surface area contributed by atoms with Crippen LogP contribution in [0.15, 0.2) is 0 Å². The zero-order valence-electron chi connectivity index (χ0n) is 52.2. The maximum absolute atomic E-state index is 13.0. The van der Waals surface area contributed by atoms with Crippen LogP contribution in [-0.2, 0) is 85.4 Å². The molecule has 0 spiro atoms. The summed E-state index contributed by atoms with van der Waals surface area (Å²) in [6.07, 6.45) is -72.4. The van der Waals surface area contributed by atoms with Gasteiger partial charge in [0, 0.05) is 20.8 Å². The van der Waals surface area contributed by atoms with E-state index in [1.54, 1.807) is 0 Å². The van der Waals surface area contributed by atoms with Crippen LogP contribution < -0.4 is 16.0 Å². The molecule has 0 aromatic heterocycles. The van der Waals surface area contributed by atoms with E-state index in [-0.39, 0.29) is 0 Å². The average Bonchev–Trinajstić information content (AvgIpc) is 0.777. The van der Waals surface area contributed by atoms with Gasteiger partial charge in [-0.25, -0.2) is 0 Å². The van der Waals surface area contributed by atoms with Crippen LogP contribution in [0.5, 0.6) is 0 Å². The van der Waals surface area contributed by atoms with Gasteiger partial charge in [-0.2, -0.15) is 0 Å². The summed E-state index contributed by atoms with van der Waals surface area (Å²) in [6.45, 7) is -2.76. The number of hydrogen-bond acceptors (Lipinski definition) is 40. The summed E-state index contributed by atoms with van der Waals surface area (Å²) in [5, 5.41) is 247. The number of aliphatic hydroxyl groups is 22. The van der Waals surface area contributed by atoms with Gasteiger partial charge in [0.25, 0.3) is 0 Å². The van der Waals surface area contributed by atoms with E-state index in [0.29, 0.717) is 0 Å². The maximum Gasteiger partial charge on any atom is 0.217 e. The lowest BCUT2D eigenvalue weighted by molar-refractivity contribution is -0.389. The first kappa shape index (κ1) is 79.6. The van der Waals surface area contributed by atoms with Crippen molar-refractivity contribution in [3.63, 3.8) is 0 Å². The van der Waals surface area contributed by atoms with Gasteiger partial charge < -0.3 is 199 Å². The molecule has 0 aromatic carbocycles. The number of ether oxygens (including phenoxy) is 15. The smallest absolute Gasteiger partial charge is 0.217 e. The first-order valence-corrected chi connectivity index (χ1v) is 31.0. The molecular formula is C54H91N3O40. The Hall–Kier alpha value is -3.07. The van der Waals surface area contributed by atoms with Crippen molar-refractivity contribution in [2.24, 2.45) is 0 Å². The lowest BCUT2D eigenvalue weighted by Gasteiger charge is -2.50. The minimum atomic E-state index is -2.39. The Morgan fingerprint density at radius 2 is 0.619 bits per heavy atom. The molecule has 0 radical (unpaired) electrons. The van der Waals surface area contributed by atoms with Crippen LogP contribution in [0.4, 0.5) is 0 Å². The predicted octanol–water partition coefficient (Wildman–Crippen LogP) is -17.0. The molecule has 8 heterocycles. The van der Waals surface area contributed by atoms with E-state index < -0.39 is 309 Å². The molecule has 43 heteroatoms. The molecule has 0 aromatic rings. The van der Waals surface area contributed by atoms with Gasteiger partial charge in [0.2, 0.25) is 17.7 Å². The van der Waals surface area contributed by atoms with Gasteiger partial charge in [0.05, 0.1) is 52.4 Å². The second-order valence-corrected chi connectivity index (χ2v) is 24.6. The lowest BCUT2D eigenvalue weighted by Crippen LogP contribution is -2.70. The Labute approximate surface area is 549 Å². The molecule has 40 atom stereocenters. The number of rotatable bonds is 24. The highest BCUT2D eigenvalue weighted by Gasteiger charge is 2.59. The van der Waals surface area contributed by atoms with E-state index >= 15 is 0 Å². The van der Waals surface area contributed by atoms with Crippen molar-refractivity contribution >= 4 is 17.7 Å². The molecule has 0 unspecified atom stereocenters. The summed E-state index contributed by atoms with van der Waals surface area (Å²) in [4.78, 5) is 38.0. The van der Waals surface area contributed by atoms with Gasteiger partial charge in [-0.1, -0.05) is 0 Å². The van der Waals surface area contributed by atoms with Gasteiger partial charge in [-0.15, -0.1) is 0 Å². The molecule has 8 fully saturated rings. The SMILES string of the molecule is CC(=O)N[C@@H]1[C@@H](O)[C@H](O[C@@H]2O[C@H](CO)[C@@H](O[C@@H]3O[C@H](CO[C@H]4O[C@H](CO)[C@@H](O)[C@H](O)[C@@H]4O[C@@H]4O[C@@H](CO)[C@@H](O[C@H]5O[C@H](CO)[C@@H](O)[C@@H](O)[C@H]5O)[C@@H](O)[C@H]4NC(C)=O)[C@@H](O)[C@H](O[C@H]4O[C@H](CO)[C@@H](O)[C@H](O)[C@@H]4O)[C@@H]3O)[C@H](O)[C@H]2NC(C)=O)[C@@H](CO[C@@H]2O[C@@H](C)[C@@H](O)[C@@H](O)[C@@H]2O)O[C@H]1O. The molecule has 8 aliphatic rings. The number of nitrogens with one attached hydrogen (secondary N) is 3.